The minimum Gasteiger partial charge on any atom is -0.454 e. The minimum atomic E-state index is -0.0593. The average molecular weight is 346 g/mol. The van der Waals surface area contributed by atoms with Crippen molar-refractivity contribution in [3.05, 3.63) is 18.2 Å². The predicted molar refractivity (Wildman–Crippen MR) is 94.6 cm³/mol. The summed E-state index contributed by atoms with van der Waals surface area (Å²) in [7, 11) is 0. The molecule has 1 aromatic carbocycles. The van der Waals surface area contributed by atoms with E-state index in [-0.39, 0.29) is 30.4 Å². The molecule has 1 N–H and O–H groups in total. The second kappa shape index (κ2) is 7.76. The Balaban J connectivity index is 1.51. The summed E-state index contributed by atoms with van der Waals surface area (Å²) >= 11 is 0. The fraction of sp³-hybridized carbons (Fsp3) is 0.579. The van der Waals surface area contributed by atoms with Gasteiger partial charge in [0.15, 0.2) is 11.5 Å². The van der Waals surface area contributed by atoms with E-state index in [2.05, 4.69) is 12.2 Å². The lowest BCUT2D eigenvalue weighted by Gasteiger charge is -2.33. The molecule has 2 aliphatic heterocycles. The van der Waals surface area contributed by atoms with Gasteiger partial charge in [0.1, 0.15) is 0 Å². The second-order valence-electron chi connectivity index (χ2n) is 6.85. The zero-order valence-electron chi connectivity index (χ0n) is 14.9. The zero-order valence-corrected chi connectivity index (χ0v) is 14.9. The van der Waals surface area contributed by atoms with Crippen LogP contribution in [0.25, 0.3) is 0 Å². The lowest BCUT2D eigenvalue weighted by molar-refractivity contribution is -0.138. The van der Waals surface area contributed by atoms with E-state index in [0.29, 0.717) is 43.1 Å². The molecule has 1 unspecified atom stereocenters. The van der Waals surface area contributed by atoms with Crippen LogP contribution < -0.4 is 14.8 Å². The van der Waals surface area contributed by atoms with Crippen LogP contribution in [-0.4, -0.2) is 36.6 Å². The number of rotatable bonds is 5. The summed E-state index contributed by atoms with van der Waals surface area (Å²) in [6.45, 7) is 5.62. The van der Waals surface area contributed by atoms with E-state index < -0.39 is 0 Å². The summed E-state index contributed by atoms with van der Waals surface area (Å²) in [5.41, 5.74) is 0.712. The first kappa shape index (κ1) is 17.6. The van der Waals surface area contributed by atoms with E-state index in [9.17, 15) is 9.59 Å². The third kappa shape index (κ3) is 4.06. The van der Waals surface area contributed by atoms with Crippen LogP contribution in [0.15, 0.2) is 18.2 Å². The summed E-state index contributed by atoms with van der Waals surface area (Å²) in [5, 5.41) is 2.95. The third-order valence-electron chi connectivity index (χ3n) is 4.96. The minimum absolute atomic E-state index is 0.00701. The number of likely N-dealkylation sites (tertiary alicyclic amines) is 1. The van der Waals surface area contributed by atoms with E-state index in [0.717, 1.165) is 12.8 Å². The van der Waals surface area contributed by atoms with Crippen LogP contribution in [-0.2, 0) is 9.59 Å². The van der Waals surface area contributed by atoms with Crippen LogP contribution in [0.4, 0.5) is 5.69 Å². The van der Waals surface area contributed by atoms with Crippen molar-refractivity contribution < 1.29 is 19.1 Å². The van der Waals surface area contributed by atoms with Crippen LogP contribution in [0.3, 0.4) is 0 Å². The van der Waals surface area contributed by atoms with E-state index in [1.807, 2.05) is 17.9 Å². The number of hydrogen-bond acceptors (Lipinski definition) is 4. The molecule has 6 heteroatoms. The maximum atomic E-state index is 12.5. The third-order valence-corrected chi connectivity index (χ3v) is 4.96. The maximum Gasteiger partial charge on any atom is 0.231 e. The van der Waals surface area contributed by atoms with Gasteiger partial charge in [-0.3, -0.25) is 9.59 Å². The first-order valence-corrected chi connectivity index (χ1v) is 9.07. The quantitative estimate of drug-likeness (QED) is 0.890. The van der Waals surface area contributed by atoms with E-state index in [4.69, 9.17) is 9.47 Å². The smallest absolute Gasteiger partial charge is 0.231 e. The largest absolute Gasteiger partial charge is 0.454 e. The van der Waals surface area contributed by atoms with Crippen molar-refractivity contribution in [1.82, 2.24) is 4.90 Å². The maximum absolute atomic E-state index is 12.5. The van der Waals surface area contributed by atoms with Crippen molar-refractivity contribution in [3.63, 3.8) is 0 Å². The van der Waals surface area contributed by atoms with Gasteiger partial charge < -0.3 is 19.7 Å². The van der Waals surface area contributed by atoms with Crippen LogP contribution in [0.1, 0.15) is 39.5 Å². The zero-order chi connectivity index (χ0) is 17.8. The van der Waals surface area contributed by atoms with Crippen LogP contribution in [0.5, 0.6) is 11.5 Å². The van der Waals surface area contributed by atoms with Gasteiger partial charge in [-0.25, -0.2) is 0 Å². The average Bonchev–Trinajstić information content (AvgIpc) is 3.09. The molecule has 2 amide bonds. The Morgan fingerprint density at radius 1 is 1.24 bits per heavy atom. The first-order chi connectivity index (χ1) is 12.1. The number of piperidine rings is 1. The Morgan fingerprint density at radius 3 is 2.68 bits per heavy atom. The second-order valence-corrected chi connectivity index (χ2v) is 6.85. The summed E-state index contributed by atoms with van der Waals surface area (Å²) in [4.78, 5) is 26.8. The molecule has 0 bridgehead atoms. The standard InChI is InChI=1S/C19H26N2O4/c1-3-4-13(2)19(23)21-9-7-14(8-10-21)18(22)20-15-5-6-16-17(11-15)25-12-24-16/h5-6,11,13-14H,3-4,7-10,12H2,1-2H3,(H,20,22). The number of anilines is 1. The van der Waals surface area contributed by atoms with Gasteiger partial charge in [-0.1, -0.05) is 20.3 Å². The first-order valence-electron chi connectivity index (χ1n) is 9.07. The molecule has 1 fully saturated rings. The fourth-order valence-corrected chi connectivity index (χ4v) is 3.45. The van der Waals surface area contributed by atoms with Gasteiger partial charge in [0.2, 0.25) is 18.6 Å². The van der Waals surface area contributed by atoms with E-state index in [1.165, 1.54) is 0 Å². The number of ether oxygens (including phenoxy) is 2. The van der Waals surface area contributed by atoms with Crippen molar-refractivity contribution in [2.75, 3.05) is 25.2 Å². The van der Waals surface area contributed by atoms with Gasteiger partial charge in [0.25, 0.3) is 0 Å². The van der Waals surface area contributed by atoms with Crippen molar-refractivity contribution >= 4 is 17.5 Å². The molecule has 136 valence electrons. The van der Waals surface area contributed by atoms with Gasteiger partial charge >= 0.3 is 0 Å². The highest BCUT2D eigenvalue weighted by Gasteiger charge is 2.29. The summed E-state index contributed by atoms with van der Waals surface area (Å²) < 4.78 is 10.6. The Labute approximate surface area is 148 Å². The molecule has 0 aromatic heterocycles. The number of nitrogens with zero attached hydrogens (tertiary/aromatic N) is 1. The Morgan fingerprint density at radius 2 is 1.96 bits per heavy atom. The number of amides is 2. The molecular weight excluding hydrogens is 320 g/mol. The molecule has 0 spiro atoms. The highest BCUT2D eigenvalue weighted by molar-refractivity contribution is 5.93. The predicted octanol–water partition coefficient (Wildman–Crippen LogP) is 3.03. The molecule has 3 rings (SSSR count). The van der Waals surface area contributed by atoms with Crippen molar-refractivity contribution in [3.8, 4) is 11.5 Å². The van der Waals surface area contributed by atoms with Crippen LogP contribution >= 0.6 is 0 Å². The lowest BCUT2D eigenvalue weighted by Crippen LogP contribution is -2.43. The molecule has 25 heavy (non-hydrogen) atoms. The molecule has 0 saturated carbocycles. The summed E-state index contributed by atoms with van der Waals surface area (Å²) in [5.74, 6) is 1.60. The Hall–Kier alpha value is -2.24. The van der Waals surface area contributed by atoms with Crippen molar-refractivity contribution in [1.29, 1.82) is 0 Å². The van der Waals surface area contributed by atoms with E-state index >= 15 is 0 Å². The highest BCUT2D eigenvalue weighted by Crippen LogP contribution is 2.34. The van der Waals surface area contributed by atoms with Gasteiger partial charge in [0.05, 0.1) is 0 Å². The van der Waals surface area contributed by atoms with Crippen LogP contribution in [0, 0.1) is 11.8 Å². The summed E-state index contributed by atoms with van der Waals surface area (Å²) in [6.07, 6.45) is 3.35. The van der Waals surface area contributed by atoms with Gasteiger partial charge in [-0.2, -0.15) is 0 Å². The molecule has 0 radical (unpaired) electrons. The molecule has 6 nitrogen and oxygen atoms in total. The molecule has 1 atom stereocenters. The van der Waals surface area contributed by atoms with Gasteiger partial charge in [0, 0.05) is 36.7 Å². The molecule has 2 heterocycles. The monoisotopic (exact) mass is 346 g/mol. The number of carbonyl (C=O) groups is 2. The Bertz CT molecular complexity index is 638. The molecule has 1 aromatic rings. The molecule has 0 aliphatic carbocycles. The lowest BCUT2D eigenvalue weighted by atomic mass is 9.94. The topological polar surface area (TPSA) is 67.9 Å². The van der Waals surface area contributed by atoms with Crippen LogP contribution in [0.2, 0.25) is 0 Å². The van der Waals surface area contributed by atoms with Crippen molar-refractivity contribution in [2.45, 2.75) is 39.5 Å². The number of benzene rings is 1. The normalized spacial score (nSPS) is 18.1. The number of fused-ring (bicyclic) bond motifs is 1. The highest BCUT2D eigenvalue weighted by atomic mass is 16.7. The SMILES string of the molecule is CCCC(C)C(=O)N1CCC(C(=O)Nc2ccc3c(c2)OCO3)CC1. The van der Waals surface area contributed by atoms with Gasteiger partial charge in [-0.15, -0.1) is 0 Å². The van der Waals surface area contributed by atoms with Crippen molar-refractivity contribution in [2.24, 2.45) is 11.8 Å². The number of hydrogen-bond donors (Lipinski definition) is 1. The fourth-order valence-electron chi connectivity index (χ4n) is 3.45. The Kier molecular flexibility index (Phi) is 5.46. The van der Waals surface area contributed by atoms with Gasteiger partial charge in [-0.05, 0) is 31.4 Å². The molecular formula is C19H26N2O4. The molecule has 1 saturated heterocycles. The molecule has 2 aliphatic rings. The van der Waals surface area contributed by atoms with E-state index in [1.54, 1.807) is 12.1 Å². The summed E-state index contributed by atoms with van der Waals surface area (Å²) in [6, 6.07) is 5.40. The number of carbonyl (C=O) groups excluding carboxylic acids is 2. The number of nitrogens with one attached hydrogen (secondary N) is 1.